The first-order chi connectivity index (χ1) is 15.6. The zero-order valence-corrected chi connectivity index (χ0v) is 17.7. The molecule has 12 heteroatoms. The minimum atomic E-state index is -0.819. The van der Waals surface area contributed by atoms with Crippen LogP contribution in [-0.4, -0.2) is 48.3 Å². The number of hydrogen-bond donors (Lipinski definition) is 3. The summed E-state index contributed by atoms with van der Waals surface area (Å²) < 4.78 is 6.98. The molecule has 0 aliphatic heterocycles. The number of ether oxygens (including phenoxy) is 1. The molecule has 0 bridgehead atoms. The van der Waals surface area contributed by atoms with Crippen LogP contribution in [0.15, 0.2) is 31.1 Å². The van der Waals surface area contributed by atoms with E-state index >= 15 is 0 Å². The summed E-state index contributed by atoms with van der Waals surface area (Å²) in [5.41, 5.74) is 1.79. The van der Waals surface area contributed by atoms with Crippen molar-refractivity contribution in [3.63, 3.8) is 0 Å². The van der Waals surface area contributed by atoms with Gasteiger partial charge in [-0.2, -0.15) is 5.10 Å². The van der Waals surface area contributed by atoms with Gasteiger partial charge in [0.05, 0.1) is 41.9 Å². The number of rotatable bonds is 8. The number of amides is 2. The Morgan fingerprint density at radius 1 is 1.16 bits per heavy atom. The second-order valence-corrected chi connectivity index (χ2v) is 7.07. The third kappa shape index (κ3) is 4.79. The highest BCUT2D eigenvalue weighted by atomic mass is 16.6. The summed E-state index contributed by atoms with van der Waals surface area (Å²) in [5.74, 6) is 0.226. The third-order valence-electron chi connectivity index (χ3n) is 4.70. The Morgan fingerprint density at radius 3 is 2.62 bits per heavy atom. The number of carbonyl (C=O) groups is 2. The van der Waals surface area contributed by atoms with Crippen LogP contribution < -0.4 is 20.7 Å². The maximum Gasteiger partial charge on any atom is 0.418 e. The van der Waals surface area contributed by atoms with Crippen molar-refractivity contribution >= 4 is 29.2 Å². The van der Waals surface area contributed by atoms with Crippen LogP contribution in [0.1, 0.15) is 48.8 Å². The molecule has 3 N–H and O–H groups in total. The molecule has 12 nitrogen and oxygen atoms in total. The van der Waals surface area contributed by atoms with E-state index in [9.17, 15) is 9.59 Å². The predicted molar refractivity (Wildman–Crippen MR) is 115 cm³/mol. The lowest BCUT2D eigenvalue weighted by atomic mass is 10.3. The van der Waals surface area contributed by atoms with Crippen molar-refractivity contribution in [3.05, 3.63) is 42.5 Å². The molecule has 4 rings (SSSR count). The molecule has 3 heterocycles. The van der Waals surface area contributed by atoms with E-state index < -0.39 is 6.09 Å². The summed E-state index contributed by atoms with van der Waals surface area (Å²) in [4.78, 5) is 41.8. The second-order valence-electron chi connectivity index (χ2n) is 7.07. The Kier molecular flexibility index (Phi) is 6.19. The largest absolute Gasteiger partial charge is 0.418 e. The molecule has 0 aromatic carbocycles. The highest BCUT2D eigenvalue weighted by molar-refractivity contribution is 6.01. The highest BCUT2D eigenvalue weighted by Gasteiger charge is 2.27. The van der Waals surface area contributed by atoms with Crippen molar-refractivity contribution in [1.82, 2.24) is 35.0 Å². The van der Waals surface area contributed by atoms with Gasteiger partial charge in [0.1, 0.15) is 12.0 Å². The van der Waals surface area contributed by atoms with Gasteiger partial charge in [-0.25, -0.2) is 24.7 Å². The SMILES string of the molecule is CCNC(=O)c1c(NC(=O)Oc2nc(C3CC3)cnc2Nc2cncnc2)cnn1CC. The molecular weight excluding hydrogens is 414 g/mol. The first kappa shape index (κ1) is 21.2. The molecule has 0 atom stereocenters. The van der Waals surface area contributed by atoms with E-state index in [1.165, 1.54) is 17.2 Å². The number of carbonyl (C=O) groups excluding carboxylic acids is 2. The predicted octanol–water partition coefficient (Wildman–Crippen LogP) is 2.46. The summed E-state index contributed by atoms with van der Waals surface area (Å²) >= 11 is 0. The molecule has 1 saturated carbocycles. The number of aromatic nitrogens is 6. The van der Waals surface area contributed by atoms with Crippen LogP contribution in [0.2, 0.25) is 0 Å². The number of nitrogens with zero attached hydrogens (tertiary/aromatic N) is 6. The molecule has 3 aromatic heterocycles. The highest BCUT2D eigenvalue weighted by Crippen LogP contribution is 2.40. The molecule has 0 unspecified atom stereocenters. The van der Waals surface area contributed by atoms with Gasteiger partial charge >= 0.3 is 6.09 Å². The third-order valence-corrected chi connectivity index (χ3v) is 4.70. The van der Waals surface area contributed by atoms with Crippen molar-refractivity contribution in [1.29, 1.82) is 0 Å². The van der Waals surface area contributed by atoms with Crippen LogP contribution in [-0.2, 0) is 6.54 Å². The standard InChI is InChI=1S/C20H23N9O3/c1-3-23-18(30)16-15(10-25-29(16)4-2)28-20(31)32-19-17(26-13-7-21-11-22-8-13)24-9-14(27-19)12-5-6-12/h7-12H,3-6H2,1-2H3,(H,23,30)(H,24,26)(H,28,31). The fraction of sp³-hybridized carbons (Fsp3) is 0.350. The van der Waals surface area contributed by atoms with Crippen molar-refractivity contribution in [2.24, 2.45) is 0 Å². The van der Waals surface area contributed by atoms with Crippen molar-refractivity contribution < 1.29 is 14.3 Å². The summed E-state index contributed by atoms with van der Waals surface area (Å²) in [6.45, 7) is 4.57. The van der Waals surface area contributed by atoms with Crippen LogP contribution in [0.5, 0.6) is 5.88 Å². The summed E-state index contributed by atoms with van der Waals surface area (Å²) in [6.07, 6.45) is 8.81. The van der Waals surface area contributed by atoms with E-state index in [0.29, 0.717) is 24.7 Å². The first-order valence-corrected chi connectivity index (χ1v) is 10.3. The van der Waals surface area contributed by atoms with Crippen LogP contribution >= 0.6 is 0 Å². The van der Waals surface area contributed by atoms with Gasteiger partial charge in [0, 0.05) is 19.0 Å². The average molecular weight is 437 g/mol. The Balaban J connectivity index is 1.56. The Bertz CT molecular complexity index is 1110. The van der Waals surface area contributed by atoms with E-state index in [2.05, 4.69) is 41.0 Å². The normalized spacial score (nSPS) is 12.8. The molecule has 1 aliphatic rings. The first-order valence-electron chi connectivity index (χ1n) is 10.3. The molecule has 0 spiro atoms. The fourth-order valence-corrected chi connectivity index (χ4v) is 3.04. The summed E-state index contributed by atoms with van der Waals surface area (Å²) in [6, 6.07) is 0. The molecular formula is C20H23N9O3. The molecule has 3 aromatic rings. The van der Waals surface area contributed by atoms with Crippen molar-refractivity contribution in [2.45, 2.75) is 39.2 Å². The van der Waals surface area contributed by atoms with E-state index in [-0.39, 0.29) is 29.0 Å². The second kappa shape index (κ2) is 9.37. The van der Waals surface area contributed by atoms with Crippen molar-refractivity contribution in [3.8, 4) is 5.88 Å². The molecule has 1 aliphatic carbocycles. The zero-order chi connectivity index (χ0) is 22.5. The number of anilines is 3. The van der Waals surface area contributed by atoms with E-state index in [1.807, 2.05) is 13.8 Å². The monoisotopic (exact) mass is 437 g/mol. The smallest absolute Gasteiger partial charge is 0.387 e. The van der Waals surface area contributed by atoms with Crippen LogP contribution in [0.25, 0.3) is 0 Å². The lowest BCUT2D eigenvalue weighted by molar-refractivity contribution is 0.0946. The fourth-order valence-electron chi connectivity index (χ4n) is 3.04. The van der Waals surface area contributed by atoms with Crippen molar-refractivity contribution in [2.75, 3.05) is 17.2 Å². The lowest BCUT2D eigenvalue weighted by Crippen LogP contribution is -2.28. The molecule has 1 fully saturated rings. The maximum absolute atomic E-state index is 12.7. The van der Waals surface area contributed by atoms with Crippen LogP contribution in [0, 0.1) is 0 Å². The topological polar surface area (TPSA) is 149 Å². The minimum absolute atomic E-state index is 0.0122. The lowest BCUT2D eigenvalue weighted by Gasteiger charge is -2.12. The molecule has 0 radical (unpaired) electrons. The number of hydrogen-bond acceptors (Lipinski definition) is 9. The summed E-state index contributed by atoms with van der Waals surface area (Å²) in [7, 11) is 0. The van der Waals surface area contributed by atoms with Crippen LogP contribution in [0.3, 0.4) is 0 Å². The Hall–Kier alpha value is -4.09. The summed E-state index contributed by atoms with van der Waals surface area (Å²) in [5, 5.41) is 12.4. The Morgan fingerprint density at radius 2 is 1.94 bits per heavy atom. The molecule has 2 amide bonds. The molecule has 32 heavy (non-hydrogen) atoms. The molecule has 166 valence electrons. The van der Waals surface area contributed by atoms with E-state index in [4.69, 9.17) is 4.74 Å². The number of aryl methyl sites for hydroxylation is 1. The Labute approximate surface area is 183 Å². The number of nitrogens with one attached hydrogen (secondary N) is 3. The quantitative estimate of drug-likeness (QED) is 0.483. The van der Waals surface area contributed by atoms with E-state index in [1.54, 1.807) is 18.6 Å². The zero-order valence-electron chi connectivity index (χ0n) is 17.7. The molecule has 0 saturated heterocycles. The van der Waals surface area contributed by atoms with Gasteiger partial charge < -0.3 is 15.4 Å². The van der Waals surface area contributed by atoms with Gasteiger partial charge in [0.2, 0.25) is 0 Å². The minimum Gasteiger partial charge on any atom is -0.387 e. The van der Waals surface area contributed by atoms with Gasteiger partial charge in [0.15, 0.2) is 5.82 Å². The van der Waals surface area contributed by atoms with Gasteiger partial charge in [-0.05, 0) is 26.7 Å². The van der Waals surface area contributed by atoms with Gasteiger partial charge in [-0.1, -0.05) is 0 Å². The van der Waals surface area contributed by atoms with Gasteiger partial charge in [-0.3, -0.25) is 14.8 Å². The van der Waals surface area contributed by atoms with Crippen LogP contribution in [0.4, 0.5) is 22.0 Å². The van der Waals surface area contributed by atoms with Gasteiger partial charge in [0.25, 0.3) is 11.8 Å². The van der Waals surface area contributed by atoms with E-state index in [0.717, 1.165) is 18.5 Å². The van der Waals surface area contributed by atoms with Gasteiger partial charge in [-0.15, -0.1) is 0 Å². The average Bonchev–Trinajstić information content (AvgIpc) is 3.56. The maximum atomic E-state index is 12.7.